The molecule has 0 N–H and O–H groups in total. The number of aromatic nitrogens is 4. The number of rotatable bonds is 14. The second kappa shape index (κ2) is 14.1. The molecular weight excluding hydrogens is 513 g/mol. The van der Waals surface area contributed by atoms with Crippen LogP contribution in [-0.4, -0.2) is 43.1 Å². The highest BCUT2D eigenvalue weighted by Gasteiger charge is 2.09. The lowest BCUT2D eigenvalue weighted by atomic mass is 10.1. The second-order valence-electron chi connectivity index (χ2n) is 7.94. The molecule has 0 atom stereocenters. The van der Waals surface area contributed by atoms with E-state index in [0.29, 0.717) is 0 Å². The van der Waals surface area contributed by atoms with Gasteiger partial charge < -0.3 is 9.13 Å². The van der Waals surface area contributed by atoms with Crippen LogP contribution in [0.2, 0.25) is 0 Å². The van der Waals surface area contributed by atoms with Gasteiger partial charge in [0.1, 0.15) is 0 Å². The minimum atomic E-state index is 0.904. The third-order valence-corrected chi connectivity index (χ3v) is 8.24. The van der Waals surface area contributed by atoms with Crippen molar-refractivity contribution in [2.45, 2.75) is 24.3 Å². The van der Waals surface area contributed by atoms with E-state index in [1.165, 1.54) is 57.7 Å². The molecule has 0 radical (unpaired) electrons. The Morgan fingerprint density at radius 1 is 0.714 bits per heavy atom. The van der Waals surface area contributed by atoms with E-state index in [0.717, 1.165) is 35.9 Å². The van der Waals surface area contributed by atoms with Gasteiger partial charge in [-0.1, -0.05) is 24.3 Å². The van der Waals surface area contributed by atoms with Gasteiger partial charge in [0, 0.05) is 83.3 Å². The number of imidazole rings is 2. The lowest BCUT2D eigenvalue weighted by Crippen LogP contribution is -2.01. The third-order valence-electron chi connectivity index (χ3n) is 5.48. The molecule has 2 aromatic heterocycles. The highest BCUT2D eigenvalue weighted by atomic mass is 32.2. The van der Waals surface area contributed by atoms with E-state index in [1.807, 2.05) is 61.0 Å². The van der Waals surface area contributed by atoms with Crippen LogP contribution in [0, 0.1) is 0 Å². The van der Waals surface area contributed by atoms with Gasteiger partial charge in [0.25, 0.3) is 0 Å². The highest BCUT2D eigenvalue weighted by Crippen LogP contribution is 2.25. The average molecular weight is 543 g/mol. The molecule has 0 spiro atoms. The van der Waals surface area contributed by atoms with Gasteiger partial charge in [-0.2, -0.15) is 23.5 Å². The molecule has 0 unspecified atom stereocenters. The first kappa shape index (κ1) is 26.3. The van der Waals surface area contributed by atoms with Gasteiger partial charge in [-0.15, -0.1) is 0 Å². The number of aryl methyl sites for hydroxylation is 2. The van der Waals surface area contributed by atoms with E-state index < -0.39 is 0 Å². The van der Waals surface area contributed by atoms with E-state index in [2.05, 4.69) is 68.0 Å². The Bertz CT molecular complexity index is 1070. The molecule has 0 amide bonds. The van der Waals surface area contributed by atoms with Crippen molar-refractivity contribution in [3.8, 4) is 11.4 Å². The summed E-state index contributed by atoms with van der Waals surface area (Å²) >= 11 is 6.77. The van der Waals surface area contributed by atoms with E-state index in [-0.39, 0.29) is 0 Å². The van der Waals surface area contributed by atoms with Gasteiger partial charge in [-0.25, -0.2) is 13.6 Å². The molecule has 5 nitrogen and oxygen atoms in total. The summed E-state index contributed by atoms with van der Waals surface area (Å²) in [5.74, 6) is 3.85. The van der Waals surface area contributed by atoms with Crippen LogP contribution in [0.1, 0.15) is 22.3 Å². The van der Waals surface area contributed by atoms with Crippen molar-refractivity contribution in [2.24, 2.45) is 0 Å². The largest absolute Gasteiger partial charge is 0.306 e. The SMILES string of the molecule is CSCc1ccc(-n2ccnc2)c(CCSOSCCc2cc(CSC)ccc2-n2ccnc2)c1. The summed E-state index contributed by atoms with van der Waals surface area (Å²) in [4.78, 5) is 8.42. The normalized spacial score (nSPS) is 11.3. The van der Waals surface area contributed by atoms with Gasteiger partial charge >= 0.3 is 0 Å². The summed E-state index contributed by atoms with van der Waals surface area (Å²) in [5.41, 5.74) is 7.75. The fourth-order valence-corrected chi connectivity index (χ4v) is 6.35. The summed E-state index contributed by atoms with van der Waals surface area (Å²) in [7, 11) is 0. The molecule has 0 aliphatic heterocycles. The van der Waals surface area contributed by atoms with Crippen molar-refractivity contribution in [2.75, 3.05) is 24.0 Å². The van der Waals surface area contributed by atoms with Crippen LogP contribution >= 0.6 is 47.6 Å². The molecule has 0 aliphatic rings. The first-order valence-corrected chi connectivity index (χ1v) is 16.0. The Hall–Kier alpha value is -1.78. The lowest BCUT2D eigenvalue weighted by molar-refractivity contribution is 0.752. The molecule has 0 saturated carbocycles. The van der Waals surface area contributed by atoms with Crippen molar-refractivity contribution in [1.82, 2.24) is 19.1 Å². The number of hydrogen-bond donors (Lipinski definition) is 0. The van der Waals surface area contributed by atoms with Crippen LogP contribution in [0.25, 0.3) is 11.4 Å². The van der Waals surface area contributed by atoms with E-state index in [9.17, 15) is 0 Å². The predicted octanol–water partition coefficient (Wildman–Crippen LogP) is 6.88. The van der Waals surface area contributed by atoms with E-state index in [1.54, 1.807) is 0 Å². The minimum absolute atomic E-state index is 0.904. The van der Waals surface area contributed by atoms with Crippen LogP contribution in [0.5, 0.6) is 0 Å². The summed E-state index contributed by atoms with van der Waals surface area (Å²) < 4.78 is 10.1. The zero-order valence-corrected chi connectivity index (χ0v) is 23.3. The number of benzene rings is 2. The van der Waals surface area contributed by atoms with Gasteiger partial charge in [-0.05, 0) is 59.7 Å². The van der Waals surface area contributed by atoms with Crippen molar-refractivity contribution in [3.05, 3.63) is 96.1 Å². The summed E-state index contributed by atoms with van der Waals surface area (Å²) in [6.07, 6.45) is 17.5. The molecule has 184 valence electrons. The number of nitrogens with zero attached hydrogens (tertiary/aromatic N) is 4. The topological polar surface area (TPSA) is 44.9 Å². The monoisotopic (exact) mass is 542 g/mol. The molecule has 0 aliphatic carbocycles. The molecule has 9 heteroatoms. The van der Waals surface area contributed by atoms with Crippen molar-refractivity contribution < 1.29 is 3.63 Å². The fraction of sp³-hybridized carbons (Fsp3) is 0.308. The summed E-state index contributed by atoms with van der Waals surface area (Å²) in [5, 5.41) is 0. The van der Waals surface area contributed by atoms with Crippen LogP contribution in [0.15, 0.2) is 73.8 Å². The Morgan fingerprint density at radius 3 is 1.60 bits per heavy atom. The number of hydrogen-bond acceptors (Lipinski definition) is 7. The molecule has 4 aromatic rings. The maximum absolute atomic E-state index is 5.88. The number of thioether (sulfide) groups is 2. The predicted molar refractivity (Wildman–Crippen MR) is 155 cm³/mol. The van der Waals surface area contributed by atoms with E-state index in [4.69, 9.17) is 3.63 Å². The maximum Gasteiger partial charge on any atom is 0.0991 e. The smallest absolute Gasteiger partial charge is 0.0991 e. The zero-order valence-electron chi connectivity index (χ0n) is 20.0. The van der Waals surface area contributed by atoms with Crippen molar-refractivity contribution >= 4 is 47.6 Å². The van der Waals surface area contributed by atoms with Crippen molar-refractivity contribution in [1.29, 1.82) is 0 Å². The Balaban J connectivity index is 1.28. The molecule has 2 heterocycles. The quantitative estimate of drug-likeness (QED) is 0.127. The minimum Gasteiger partial charge on any atom is -0.306 e. The molecule has 4 rings (SSSR count). The van der Waals surface area contributed by atoms with Gasteiger partial charge in [0.2, 0.25) is 0 Å². The van der Waals surface area contributed by atoms with Crippen LogP contribution in [-0.2, 0) is 28.0 Å². The Kier molecular flexibility index (Phi) is 10.6. The van der Waals surface area contributed by atoms with Crippen LogP contribution in [0.4, 0.5) is 0 Å². The first-order valence-electron chi connectivity index (χ1n) is 11.4. The average Bonchev–Trinajstić information content (AvgIpc) is 3.59. The molecule has 35 heavy (non-hydrogen) atoms. The standard InChI is InChI=1S/C26H30N4OS4/c1-32-17-21-3-5-25(29-11-9-27-19-29)23(15-21)7-13-34-31-35-14-8-24-16-22(18-33-2)4-6-26(24)30-12-10-28-20-30/h3-6,9-12,15-16,19-20H,7-8,13-14,17-18H2,1-2H3. The van der Waals surface area contributed by atoms with Gasteiger partial charge in [0.05, 0.1) is 12.7 Å². The van der Waals surface area contributed by atoms with Crippen LogP contribution in [0.3, 0.4) is 0 Å². The lowest BCUT2D eigenvalue weighted by Gasteiger charge is -2.13. The fourth-order valence-electron chi connectivity index (χ4n) is 3.90. The maximum atomic E-state index is 5.88. The third kappa shape index (κ3) is 7.60. The second-order valence-corrected chi connectivity index (χ2v) is 11.5. The zero-order chi connectivity index (χ0) is 24.3. The van der Waals surface area contributed by atoms with Crippen molar-refractivity contribution in [3.63, 3.8) is 0 Å². The molecular formula is C26H30N4OS4. The molecule has 0 fully saturated rings. The Labute approximate surface area is 225 Å². The molecule has 0 bridgehead atoms. The van der Waals surface area contributed by atoms with E-state index >= 15 is 0 Å². The Morgan fingerprint density at radius 2 is 1.20 bits per heavy atom. The molecule has 0 saturated heterocycles. The first-order chi connectivity index (χ1) is 17.3. The highest BCUT2D eigenvalue weighted by molar-refractivity contribution is 8.07. The van der Waals surface area contributed by atoms with Gasteiger partial charge in [0.15, 0.2) is 0 Å². The van der Waals surface area contributed by atoms with Gasteiger partial charge in [-0.3, -0.25) is 0 Å². The summed E-state index contributed by atoms with van der Waals surface area (Å²) in [6.45, 7) is 0. The van der Waals surface area contributed by atoms with Crippen LogP contribution < -0.4 is 0 Å². The molecule has 2 aromatic carbocycles. The summed E-state index contributed by atoms with van der Waals surface area (Å²) in [6, 6.07) is 13.5.